The number of hydrogen-bond donors (Lipinski definition) is 3. The molecule has 3 N–H and O–H groups in total. The van der Waals surface area contributed by atoms with Gasteiger partial charge in [-0.1, -0.05) is 60.7 Å². The molecular weight excluding hydrogens is 394 g/mol. The molecule has 7 nitrogen and oxygen atoms in total. The number of aromatic hydroxyl groups is 1. The molecule has 0 spiro atoms. The van der Waals surface area contributed by atoms with E-state index in [2.05, 4.69) is 15.8 Å². The number of nitrogens with one attached hydrogen (secondary N) is 2. The second kappa shape index (κ2) is 10.6. The maximum absolute atomic E-state index is 12.9. The topological polar surface area (TPSA) is 100 Å². The number of amides is 2. The molecule has 0 fully saturated rings. The van der Waals surface area contributed by atoms with E-state index in [1.54, 1.807) is 12.1 Å². The number of hydrazone groups is 1. The molecule has 158 valence electrons. The highest BCUT2D eigenvalue weighted by Crippen LogP contribution is 2.24. The molecule has 31 heavy (non-hydrogen) atoms. The molecule has 0 radical (unpaired) electrons. The van der Waals surface area contributed by atoms with Crippen LogP contribution < -0.4 is 15.5 Å². The third-order valence-electron chi connectivity index (χ3n) is 4.58. The van der Waals surface area contributed by atoms with Gasteiger partial charge in [-0.25, -0.2) is 5.43 Å². The van der Waals surface area contributed by atoms with E-state index < -0.39 is 11.8 Å². The first kappa shape index (κ1) is 21.6. The van der Waals surface area contributed by atoms with Gasteiger partial charge < -0.3 is 15.2 Å². The summed E-state index contributed by atoms with van der Waals surface area (Å²) in [5.41, 5.74) is 4.38. The normalized spacial score (nSPS) is 10.8. The molecule has 0 aliphatic heterocycles. The van der Waals surface area contributed by atoms with Gasteiger partial charge in [0, 0.05) is 5.56 Å². The number of benzene rings is 3. The molecule has 7 heteroatoms. The Morgan fingerprint density at radius 3 is 2.19 bits per heavy atom. The van der Waals surface area contributed by atoms with Crippen LogP contribution in [0.5, 0.6) is 11.5 Å². The molecule has 0 bridgehead atoms. The zero-order chi connectivity index (χ0) is 22.1. The first-order valence-electron chi connectivity index (χ1n) is 9.65. The molecule has 0 aromatic heterocycles. The second-order valence-corrected chi connectivity index (χ2v) is 6.69. The number of methoxy groups -OCH3 is 1. The van der Waals surface area contributed by atoms with Crippen molar-refractivity contribution >= 4 is 18.0 Å². The van der Waals surface area contributed by atoms with Crippen molar-refractivity contribution in [2.45, 2.75) is 5.92 Å². The molecule has 0 heterocycles. The molecule has 0 saturated carbocycles. The Morgan fingerprint density at radius 1 is 1.00 bits per heavy atom. The highest BCUT2D eigenvalue weighted by molar-refractivity contribution is 5.91. The van der Waals surface area contributed by atoms with Crippen LogP contribution in [0.4, 0.5) is 0 Å². The highest BCUT2D eigenvalue weighted by atomic mass is 16.5. The summed E-state index contributed by atoms with van der Waals surface area (Å²) >= 11 is 0. The number of phenolic OH excluding ortho intramolecular Hbond substituents is 1. The maximum atomic E-state index is 12.9. The molecule has 2 amide bonds. The fourth-order valence-electron chi connectivity index (χ4n) is 3.03. The van der Waals surface area contributed by atoms with Gasteiger partial charge in [0.2, 0.25) is 5.91 Å². The number of hydrogen-bond acceptors (Lipinski definition) is 5. The van der Waals surface area contributed by atoms with Crippen LogP contribution in [0.15, 0.2) is 84.0 Å². The van der Waals surface area contributed by atoms with E-state index in [1.807, 2.05) is 60.7 Å². The van der Waals surface area contributed by atoms with E-state index >= 15 is 0 Å². The van der Waals surface area contributed by atoms with Crippen LogP contribution in [0, 0.1) is 0 Å². The third-order valence-corrected chi connectivity index (χ3v) is 4.58. The molecule has 0 saturated heterocycles. The minimum absolute atomic E-state index is 0.000616. The molecule has 3 aromatic rings. The van der Waals surface area contributed by atoms with Crippen LogP contribution in [0.2, 0.25) is 0 Å². The van der Waals surface area contributed by atoms with E-state index in [-0.39, 0.29) is 18.2 Å². The summed E-state index contributed by atoms with van der Waals surface area (Å²) in [6, 6.07) is 23.4. The van der Waals surface area contributed by atoms with Crippen molar-refractivity contribution in [1.82, 2.24) is 10.7 Å². The van der Waals surface area contributed by atoms with Crippen molar-refractivity contribution in [3.63, 3.8) is 0 Å². The van der Waals surface area contributed by atoms with Crippen LogP contribution in [0.3, 0.4) is 0 Å². The number of rotatable bonds is 8. The summed E-state index contributed by atoms with van der Waals surface area (Å²) in [5.74, 6) is -0.771. The minimum atomic E-state index is -0.535. The summed E-state index contributed by atoms with van der Waals surface area (Å²) in [5, 5.41) is 16.3. The lowest BCUT2D eigenvalue weighted by atomic mass is 9.90. The zero-order valence-corrected chi connectivity index (χ0v) is 17.0. The van der Waals surface area contributed by atoms with Crippen molar-refractivity contribution in [3.05, 3.63) is 95.6 Å². The van der Waals surface area contributed by atoms with Crippen LogP contribution in [0.25, 0.3) is 0 Å². The average molecular weight is 417 g/mol. The van der Waals surface area contributed by atoms with Crippen molar-refractivity contribution in [2.75, 3.05) is 13.7 Å². The Morgan fingerprint density at radius 2 is 1.61 bits per heavy atom. The van der Waals surface area contributed by atoms with Gasteiger partial charge in [0.1, 0.15) is 11.5 Å². The van der Waals surface area contributed by atoms with E-state index in [0.29, 0.717) is 11.3 Å². The first-order chi connectivity index (χ1) is 15.1. The fourth-order valence-corrected chi connectivity index (χ4v) is 3.03. The van der Waals surface area contributed by atoms with Crippen molar-refractivity contribution < 1.29 is 19.4 Å². The molecule has 3 aromatic carbocycles. The number of phenols is 1. The second-order valence-electron chi connectivity index (χ2n) is 6.69. The van der Waals surface area contributed by atoms with Gasteiger partial charge in [-0.2, -0.15) is 5.10 Å². The van der Waals surface area contributed by atoms with Crippen LogP contribution in [-0.4, -0.2) is 36.8 Å². The first-order valence-corrected chi connectivity index (χ1v) is 9.65. The predicted molar refractivity (Wildman–Crippen MR) is 118 cm³/mol. The Labute approximate surface area is 180 Å². The number of carbonyl (C=O) groups excluding carboxylic acids is 2. The molecule has 0 atom stereocenters. The predicted octanol–water partition coefficient (Wildman–Crippen LogP) is 2.80. The maximum Gasteiger partial charge on any atom is 0.259 e. The van der Waals surface area contributed by atoms with Gasteiger partial charge in [-0.05, 0) is 29.3 Å². The van der Waals surface area contributed by atoms with Gasteiger partial charge in [-0.15, -0.1) is 0 Å². The van der Waals surface area contributed by atoms with E-state index in [1.165, 1.54) is 19.4 Å². The van der Waals surface area contributed by atoms with Gasteiger partial charge >= 0.3 is 0 Å². The summed E-state index contributed by atoms with van der Waals surface area (Å²) < 4.78 is 5.09. The van der Waals surface area contributed by atoms with Gasteiger partial charge in [0.25, 0.3) is 5.91 Å². The largest absolute Gasteiger partial charge is 0.507 e. The molecule has 0 unspecified atom stereocenters. The number of nitrogens with zero attached hydrogens (tertiary/aromatic N) is 1. The smallest absolute Gasteiger partial charge is 0.259 e. The Bertz CT molecular complexity index is 1010. The lowest BCUT2D eigenvalue weighted by Gasteiger charge is -2.17. The van der Waals surface area contributed by atoms with Crippen LogP contribution in [-0.2, 0) is 9.59 Å². The molecule has 0 aliphatic rings. The highest BCUT2D eigenvalue weighted by Gasteiger charge is 2.22. The zero-order valence-electron chi connectivity index (χ0n) is 17.0. The Hall–Kier alpha value is -4.13. The summed E-state index contributed by atoms with van der Waals surface area (Å²) in [6.07, 6.45) is 1.30. The molecule has 0 aliphatic carbocycles. The summed E-state index contributed by atoms with van der Waals surface area (Å²) in [6.45, 7) is -0.240. The lowest BCUT2D eigenvalue weighted by molar-refractivity contribution is -0.126. The van der Waals surface area contributed by atoms with Crippen molar-refractivity contribution in [1.29, 1.82) is 0 Å². The standard InChI is InChI=1S/C24H23N3O4/c1-31-20-12-13-21(28)19(14-20)15-26-27-22(29)16-25-24(30)23(17-8-4-2-5-9-17)18-10-6-3-7-11-18/h2-15,23,28H,16H2,1H3,(H,25,30)(H,27,29)/b26-15+. The number of carbonyl (C=O) groups is 2. The van der Waals surface area contributed by atoms with E-state index in [0.717, 1.165) is 11.1 Å². The van der Waals surface area contributed by atoms with E-state index in [9.17, 15) is 14.7 Å². The van der Waals surface area contributed by atoms with Crippen LogP contribution >= 0.6 is 0 Å². The quantitative estimate of drug-likeness (QED) is 0.388. The third kappa shape index (κ3) is 5.93. The number of ether oxygens (including phenoxy) is 1. The van der Waals surface area contributed by atoms with Crippen LogP contribution in [0.1, 0.15) is 22.6 Å². The van der Waals surface area contributed by atoms with Crippen molar-refractivity contribution in [3.8, 4) is 11.5 Å². The van der Waals surface area contributed by atoms with Gasteiger partial charge in [0.15, 0.2) is 0 Å². The molecular formula is C24H23N3O4. The SMILES string of the molecule is COc1ccc(O)c(/C=N/NC(=O)CNC(=O)C(c2ccccc2)c2ccccc2)c1. The van der Waals surface area contributed by atoms with Crippen molar-refractivity contribution in [2.24, 2.45) is 5.10 Å². The Kier molecular flexibility index (Phi) is 7.37. The Balaban J connectivity index is 1.61. The minimum Gasteiger partial charge on any atom is -0.507 e. The lowest BCUT2D eigenvalue weighted by Crippen LogP contribution is -2.37. The van der Waals surface area contributed by atoms with Gasteiger partial charge in [-0.3, -0.25) is 9.59 Å². The summed E-state index contributed by atoms with van der Waals surface area (Å²) in [4.78, 5) is 25.0. The summed E-state index contributed by atoms with van der Waals surface area (Å²) in [7, 11) is 1.51. The fraction of sp³-hybridized carbons (Fsp3) is 0.125. The van der Waals surface area contributed by atoms with Gasteiger partial charge in [0.05, 0.1) is 25.8 Å². The monoisotopic (exact) mass is 417 g/mol. The average Bonchev–Trinajstić information content (AvgIpc) is 2.80. The molecule has 3 rings (SSSR count). The van der Waals surface area contributed by atoms with E-state index in [4.69, 9.17) is 4.74 Å².